The molecule has 2 fully saturated rings. The monoisotopic (exact) mass is 294 g/mol. The smallest absolute Gasteiger partial charge is 0.317 e. The van der Waals surface area contributed by atoms with Crippen molar-refractivity contribution in [1.29, 1.82) is 0 Å². The number of hydrogen-bond acceptors (Lipinski definition) is 3. The van der Waals surface area contributed by atoms with E-state index in [1.807, 2.05) is 4.90 Å². The zero-order valence-electron chi connectivity index (χ0n) is 13.3. The van der Waals surface area contributed by atoms with Gasteiger partial charge in [-0.05, 0) is 44.9 Å². The van der Waals surface area contributed by atoms with E-state index < -0.39 is 0 Å². The average Bonchev–Trinajstić information content (AvgIpc) is 3.17. The molecule has 2 amide bonds. The number of ether oxygens (including phenoxy) is 1. The van der Waals surface area contributed by atoms with Gasteiger partial charge in [-0.1, -0.05) is 11.6 Å². The minimum Gasteiger partial charge on any atom is -0.469 e. The molecule has 0 aromatic rings. The van der Waals surface area contributed by atoms with Crippen molar-refractivity contribution in [3.8, 4) is 0 Å². The van der Waals surface area contributed by atoms with Crippen LogP contribution >= 0.6 is 0 Å². The van der Waals surface area contributed by atoms with Crippen LogP contribution in [0.15, 0.2) is 11.6 Å². The third-order valence-corrected chi connectivity index (χ3v) is 4.70. The highest BCUT2D eigenvalue weighted by Gasteiger charge is 2.59. The first kappa shape index (κ1) is 15.9. The molecule has 1 saturated heterocycles. The number of urea groups is 1. The summed E-state index contributed by atoms with van der Waals surface area (Å²) in [7, 11) is 1.45. The highest BCUT2D eigenvalue weighted by atomic mass is 16.5. The fourth-order valence-electron chi connectivity index (χ4n) is 3.18. The molecule has 1 saturated carbocycles. The number of esters is 1. The molecule has 0 aromatic carbocycles. The number of likely N-dealkylation sites (tertiary alicyclic amines) is 1. The van der Waals surface area contributed by atoms with Crippen LogP contribution in [-0.4, -0.2) is 43.6 Å². The van der Waals surface area contributed by atoms with E-state index >= 15 is 0 Å². The first-order valence-electron chi connectivity index (χ1n) is 7.72. The second kappa shape index (κ2) is 6.50. The molecule has 2 rings (SSSR count). The molecule has 118 valence electrons. The van der Waals surface area contributed by atoms with Crippen LogP contribution in [0.5, 0.6) is 0 Å². The standard InChI is InChI=1S/C16H26N2O3/c1-12(2)5-4-8-17-15(20)18-9-6-16(7-10-18)11-13(16)14(19)21-3/h5,13H,4,6-11H2,1-3H3,(H,17,20)/t13-/m0/s1. The van der Waals surface area contributed by atoms with Crippen LogP contribution in [0.25, 0.3) is 0 Å². The Morgan fingerprint density at radius 1 is 1.33 bits per heavy atom. The summed E-state index contributed by atoms with van der Waals surface area (Å²) < 4.78 is 4.82. The average molecular weight is 294 g/mol. The molecule has 1 aliphatic heterocycles. The maximum Gasteiger partial charge on any atom is 0.317 e. The topological polar surface area (TPSA) is 58.6 Å². The van der Waals surface area contributed by atoms with Gasteiger partial charge in [-0.2, -0.15) is 0 Å². The number of hydrogen-bond donors (Lipinski definition) is 1. The number of allylic oxidation sites excluding steroid dienone is 1. The quantitative estimate of drug-likeness (QED) is 0.492. The Kier molecular flexibility index (Phi) is 4.91. The van der Waals surface area contributed by atoms with Crippen molar-refractivity contribution in [3.05, 3.63) is 11.6 Å². The van der Waals surface area contributed by atoms with Gasteiger partial charge >= 0.3 is 12.0 Å². The van der Waals surface area contributed by atoms with Gasteiger partial charge in [0, 0.05) is 19.6 Å². The van der Waals surface area contributed by atoms with Gasteiger partial charge in [-0.25, -0.2) is 4.79 Å². The molecule has 0 bridgehead atoms. The summed E-state index contributed by atoms with van der Waals surface area (Å²) in [6.07, 6.45) is 5.74. The maximum atomic E-state index is 12.0. The Morgan fingerprint density at radius 2 is 2.00 bits per heavy atom. The highest BCUT2D eigenvalue weighted by molar-refractivity contribution is 5.77. The second-order valence-electron chi connectivity index (χ2n) is 6.43. The number of piperidine rings is 1. The maximum absolute atomic E-state index is 12.0. The molecule has 1 heterocycles. The predicted molar refractivity (Wildman–Crippen MR) is 80.8 cm³/mol. The number of carbonyl (C=O) groups excluding carboxylic acids is 2. The largest absolute Gasteiger partial charge is 0.469 e. The van der Waals surface area contributed by atoms with E-state index in [4.69, 9.17) is 4.74 Å². The zero-order chi connectivity index (χ0) is 15.5. The molecule has 1 aliphatic carbocycles. The summed E-state index contributed by atoms with van der Waals surface area (Å²) in [6, 6.07) is 0.0160. The summed E-state index contributed by atoms with van der Waals surface area (Å²) in [5.74, 6) is -0.0278. The molecular formula is C16H26N2O3. The second-order valence-corrected chi connectivity index (χ2v) is 6.43. The molecular weight excluding hydrogens is 268 g/mol. The fourth-order valence-corrected chi connectivity index (χ4v) is 3.18. The highest BCUT2D eigenvalue weighted by Crippen LogP contribution is 2.59. The van der Waals surface area contributed by atoms with Crippen LogP contribution in [0.3, 0.4) is 0 Å². The number of nitrogens with one attached hydrogen (secondary N) is 1. The Hall–Kier alpha value is -1.52. The Labute approximate surface area is 126 Å². The van der Waals surface area contributed by atoms with E-state index in [1.54, 1.807) is 0 Å². The summed E-state index contributed by atoms with van der Waals surface area (Å²) in [5.41, 5.74) is 1.39. The van der Waals surface area contributed by atoms with Crippen molar-refractivity contribution in [1.82, 2.24) is 10.2 Å². The lowest BCUT2D eigenvalue weighted by atomic mass is 9.91. The van der Waals surface area contributed by atoms with Crippen LogP contribution in [0.2, 0.25) is 0 Å². The van der Waals surface area contributed by atoms with Crippen LogP contribution in [-0.2, 0) is 9.53 Å². The van der Waals surface area contributed by atoms with Crippen molar-refractivity contribution in [2.24, 2.45) is 11.3 Å². The van der Waals surface area contributed by atoms with Crippen molar-refractivity contribution < 1.29 is 14.3 Å². The van der Waals surface area contributed by atoms with Crippen LogP contribution in [0, 0.1) is 11.3 Å². The molecule has 1 spiro atoms. The molecule has 0 unspecified atom stereocenters. The zero-order valence-corrected chi connectivity index (χ0v) is 13.3. The third-order valence-electron chi connectivity index (χ3n) is 4.70. The molecule has 1 N–H and O–H groups in total. The van der Waals surface area contributed by atoms with Crippen LogP contribution < -0.4 is 5.32 Å². The SMILES string of the molecule is COC(=O)[C@@H]1CC12CCN(C(=O)NCCC=C(C)C)CC2. The molecule has 1 atom stereocenters. The van der Waals surface area contributed by atoms with Gasteiger partial charge in [0.25, 0.3) is 0 Å². The summed E-state index contributed by atoms with van der Waals surface area (Å²) in [6.45, 7) is 6.26. The van der Waals surface area contributed by atoms with E-state index in [-0.39, 0.29) is 23.3 Å². The first-order valence-corrected chi connectivity index (χ1v) is 7.72. The summed E-state index contributed by atoms with van der Waals surface area (Å²) in [5, 5.41) is 2.95. The molecule has 0 aromatic heterocycles. The Bertz CT molecular complexity index is 433. The minimum absolute atomic E-state index is 0.0160. The van der Waals surface area contributed by atoms with Gasteiger partial charge in [-0.3, -0.25) is 4.79 Å². The van der Waals surface area contributed by atoms with E-state index in [0.717, 1.165) is 38.8 Å². The van der Waals surface area contributed by atoms with E-state index in [2.05, 4.69) is 25.2 Å². The number of carbonyl (C=O) groups is 2. The van der Waals surface area contributed by atoms with Gasteiger partial charge in [0.2, 0.25) is 0 Å². The van der Waals surface area contributed by atoms with E-state index in [1.165, 1.54) is 12.7 Å². The predicted octanol–water partition coefficient (Wildman–Crippen LogP) is 2.33. The number of amides is 2. The lowest BCUT2D eigenvalue weighted by Gasteiger charge is -2.32. The molecule has 0 radical (unpaired) electrons. The van der Waals surface area contributed by atoms with Gasteiger partial charge < -0.3 is 15.0 Å². The Morgan fingerprint density at radius 3 is 2.57 bits per heavy atom. The molecule has 21 heavy (non-hydrogen) atoms. The first-order chi connectivity index (χ1) is 9.98. The summed E-state index contributed by atoms with van der Waals surface area (Å²) >= 11 is 0. The lowest BCUT2D eigenvalue weighted by Crippen LogP contribution is -2.45. The van der Waals surface area contributed by atoms with Gasteiger partial charge in [0.05, 0.1) is 13.0 Å². The van der Waals surface area contributed by atoms with Crippen LogP contribution in [0.1, 0.15) is 39.5 Å². The van der Waals surface area contributed by atoms with Crippen molar-refractivity contribution in [3.63, 3.8) is 0 Å². The fraction of sp³-hybridized carbons (Fsp3) is 0.750. The minimum atomic E-state index is -0.0883. The van der Waals surface area contributed by atoms with Gasteiger partial charge in [-0.15, -0.1) is 0 Å². The van der Waals surface area contributed by atoms with Gasteiger partial charge in [0.15, 0.2) is 0 Å². The normalized spacial score (nSPS) is 22.6. The lowest BCUT2D eigenvalue weighted by molar-refractivity contribution is -0.143. The van der Waals surface area contributed by atoms with Gasteiger partial charge in [0.1, 0.15) is 0 Å². The van der Waals surface area contributed by atoms with Crippen molar-refractivity contribution in [2.75, 3.05) is 26.7 Å². The molecule has 5 heteroatoms. The number of rotatable bonds is 4. The van der Waals surface area contributed by atoms with Crippen molar-refractivity contribution >= 4 is 12.0 Å². The molecule has 5 nitrogen and oxygen atoms in total. The van der Waals surface area contributed by atoms with Crippen molar-refractivity contribution in [2.45, 2.75) is 39.5 Å². The molecule has 2 aliphatic rings. The summed E-state index contributed by atoms with van der Waals surface area (Å²) in [4.78, 5) is 25.5. The number of methoxy groups -OCH3 is 1. The van der Waals surface area contributed by atoms with E-state index in [0.29, 0.717) is 6.54 Å². The van der Waals surface area contributed by atoms with Crippen LogP contribution in [0.4, 0.5) is 4.79 Å². The third kappa shape index (κ3) is 3.77. The number of nitrogens with zero attached hydrogens (tertiary/aromatic N) is 1. The Balaban J connectivity index is 1.71. The van der Waals surface area contributed by atoms with E-state index in [9.17, 15) is 9.59 Å².